The highest BCUT2D eigenvalue weighted by atomic mass is 32.1. The van der Waals surface area contributed by atoms with Gasteiger partial charge in [0.2, 0.25) is 0 Å². The van der Waals surface area contributed by atoms with Crippen LogP contribution in [0.25, 0.3) is 0 Å². The Hall–Kier alpha value is -1.36. The van der Waals surface area contributed by atoms with Crippen LogP contribution in [0.1, 0.15) is 21.7 Å². The van der Waals surface area contributed by atoms with Crippen LogP contribution in [-0.2, 0) is 4.79 Å². The van der Waals surface area contributed by atoms with Gasteiger partial charge in [-0.05, 0) is 19.4 Å². The zero-order valence-electron chi connectivity index (χ0n) is 8.27. The maximum Gasteiger partial charge on any atom is 0.326 e. The van der Waals surface area contributed by atoms with E-state index in [-0.39, 0.29) is 5.91 Å². The molecule has 1 aromatic heterocycles. The summed E-state index contributed by atoms with van der Waals surface area (Å²) in [6.07, 6.45) is 0.560. The van der Waals surface area contributed by atoms with E-state index in [1.807, 2.05) is 6.92 Å². The molecule has 0 radical (unpaired) electrons. The lowest BCUT2D eigenvalue weighted by atomic mass is 10.0. The fourth-order valence-electron chi connectivity index (χ4n) is 1.61. The average Bonchev–Trinajstić information content (AvgIpc) is 2.48. The van der Waals surface area contributed by atoms with Gasteiger partial charge >= 0.3 is 5.97 Å². The molecule has 2 rings (SSSR count). The van der Waals surface area contributed by atoms with Gasteiger partial charge in [0.15, 0.2) is 0 Å². The largest absolute Gasteiger partial charge is 0.480 e. The molecule has 15 heavy (non-hydrogen) atoms. The minimum Gasteiger partial charge on any atom is -0.480 e. The van der Waals surface area contributed by atoms with E-state index in [1.165, 1.54) is 16.2 Å². The lowest BCUT2D eigenvalue weighted by Crippen LogP contribution is -2.55. The summed E-state index contributed by atoms with van der Waals surface area (Å²) in [5.74, 6) is -1.08. The molecule has 1 atom stereocenters. The van der Waals surface area contributed by atoms with Crippen molar-refractivity contribution in [2.45, 2.75) is 19.4 Å². The van der Waals surface area contributed by atoms with Gasteiger partial charge in [0.05, 0.1) is 5.56 Å². The lowest BCUT2D eigenvalue weighted by molar-refractivity contribution is -0.146. The number of rotatable bonds is 2. The van der Waals surface area contributed by atoms with Crippen molar-refractivity contribution < 1.29 is 14.7 Å². The summed E-state index contributed by atoms with van der Waals surface area (Å²) in [5, 5.41) is 10.6. The van der Waals surface area contributed by atoms with Crippen LogP contribution in [-0.4, -0.2) is 34.5 Å². The third-order valence-electron chi connectivity index (χ3n) is 2.54. The molecule has 4 nitrogen and oxygen atoms in total. The van der Waals surface area contributed by atoms with E-state index in [1.54, 1.807) is 11.4 Å². The van der Waals surface area contributed by atoms with Crippen molar-refractivity contribution in [3.8, 4) is 0 Å². The van der Waals surface area contributed by atoms with Gasteiger partial charge in [0, 0.05) is 16.8 Å². The highest BCUT2D eigenvalue weighted by Gasteiger charge is 2.37. The van der Waals surface area contributed by atoms with Crippen molar-refractivity contribution in [1.29, 1.82) is 0 Å². The number of nitrogens with zero attached hydrogens (tertiary/aromatic N) is 1. The second kappa shape index (κ2) is 3.66. The predicted molar refractivity (Wildman–Crippen MR) is 56.1 cm³/mol. The molecule has 1 saturated heterocycles. The van der Waals surface area contributed by atoms with Gasteiger partial charge in [0.25, 0.3) is 5.91 Å². The molecular formula is C10H11NO3S. The summed E-state index contributed by atoms with van der Waals surface area (Å²) in [4.78, 5) is 25.0. The van der Waals surface area contributed by atoms with Gasteiger partial charge < -0.3 is 10.0 Å². The maximum absolute atomic E-state index is 11.8. The van der Waals surface area contributed by atoms with Crippen LogP contribution in [0.5, 0.6) is 0 Å². The molecule has 1 fully saturated rings. The number of aliphatic carboxylic acids is 1. The Morgan fingerprint density at radius 1 is 1.60 bits per heavy atom. The second-order valence-corrected chi connectivity index (χ2v) is 4.70. The molecular weight excluding hydrogens is 214 g/mol. The summed E-state index contributed by atoms with van der Waals surface area (Å²) in [5.41, 5.74) is 0.600. The quantitative estimate of drug-likeness (QED) is 0.826. The van der Waals surface area contributed by atoms with E-state index in [9.17, 15) is 9.59 Å². The number of thiophene rings is 1. The lowest BCUT2D eigenvalue weighted by Gasteiger charge is -2.37. The van der Waals surface area contributed by atoms with Crippen molar-refractivity contribution >= 4 is 23.2 Å². The van der Waals surface area contributed by atoms with Crippen molar-refractivity contribution in [2.24, 2.45) is 0 Å². The van der Waals surface area contributed by atoms with E-state index < -0.39 is 12.0 Å². The molecule has 1 amide bonds. The molecule has 0 saturated carbocycles. The molecule has 0 aromatic carbocycles. The third-order valence-corrected chi connectivity index (χ3v) is 3.40. The number of hydrogen-bond acceptors (Lipinski definition) is 3. The number of carboxylic acids is 1. The van der Waals surface area contributed by atoms with Gasteiger partial charge in [0.1, 0.15) is 6.04 Å². The first kappa shape index (κ1) is 10.2. The molecule has 1 N–H and O–H groups in total. The van der Waals surface area contributed by atoms with Crippen LogP contribution in [0, 0.1) is 6.92 Å². The van der Waals surface area contributed by atoms with Crippen molar-refractivity contribution in [1.82, 2.24) is 4.90 Å². The van der Waals surface area contributed by atoms with Crippen molar-refractivity contribution in [3.05, 3.63) is 21.9 Å². The summed E-state index contributed by atoms with van der Waals surface area (Å²) >= 11 is 1.50. The monoisotopic (exact) mass is 225 g/mol. The summed E-state index contributed by atoms with van der Waals surface area (Å²) in [6, 6.07) is 1.17. The SMILES string of the molecule is Cc1cc(C(=O)N2CCC2C(=O)O)cs1. The van der Waals surface area contributed by atoms with E-state index in [4.69, 9.17) is 5.11 Å². The first-order chi connectivity index (χ1) is 7.09. The smallest absolute Gasteiger partial charge is 0.326 e. The van der Waals surface area contributed by atoms with Crippen LogP contribution in [0.15, 0.2) is 11.4 Å². The first-order valence-electron chi connectivity index (χ1n) is 4.68. The molecule has 1 aliphatic rings. The highest BCUT2D eigenvalue weighted by molar-refractivity contribution is 7.10. The zero-order valence-corrected chi connectivity index (χ0v) is 9.08. The minimum absolute atomic E-state index is 0.169. The fraction of sp³-hybridized carbons (Fsp3) is 0.400. The predicted octanol–water partition coefficient (Wildman–Crippen LogP) is 1.36. The standard InChI is InChI=1S/C10H11NO3S/c1-6-4-7(5-15-6)9(12)11-3-2-8(11)10(13)14/h4-5,8H,2-3H2,1H3,(H,13,14). The Kier molecular flexibility index (Phi) is 2.48. The van der Waals surface area contributed by atoms with Crippen LogP contribution < -0.4 is 0 Å². The molecule has 0 aliphatic carbocycles. The Balaban J connectivity index is 2.12. The van der Waals surface area contributed by atoms with Gasteiger partial charge in [-0.2, -0.15) is 0 Å². The third kappa shape index (κ3) is 1.74. The number of carboxylic acid groups (broad SMARTS) is 1. The molecule has 80 valence electrons. The molecule has 0 bridgehead atoms. The van der Waals surface area contributed by atoms with Gasteiger partial charge in [-0.25, -0.2) is 4.79 Å². The molecule has 1 aromatic rings. The number of carbonyl (C=O) groups is 2. The highest BCUT2D eigenvalue weighted by Crippen LogP contribution is 2.23. The number of carbonyl (C=O) groups excluding carboxylic acids is 1. The van der Waals surface area contributed by atoms with E-state index in [0.717, 1.165) is 4.88 Å². The molecule has 5 heteroatoms. The van der Waals surface area contributed by atoms with E-state index in [2.05, 4.69) is 0 Å². The Bertz CT molecular complexity index is 413. The summed E-state index contributed by atoms with van der Waals surface area (Å²) in [6.45, 7) is 2.47. The van der Waals surface area contributed by atoms with Gasteiger partial charge in [-0.15, -0.1) is 11.3 Å². The van der Waals surface area contributed by atoms with Gasteiger partial charge in [-0.1, -0.05) is 0 Å². The average molecular weight is 225 g/mol. The normalized spacial score (nSPS) is 19.8. The summed E-state index contributed by atoms with van der Waals surface area (Å²) in [7, 11) is 0. The van der Waals surface area contributed by atoms with E-state index >= 15 is 0 Å². The first-order valence-corrected chi connectivity index (χ1v) is 5.56. The molecule has 1 aliphatic heterocycles. The van der Waals surface area contributed by atoms with Crippen molar-refractivity contribution in [2.75, 3.05) is 6.54 Å². The van der Waals surface area contributed by atoms with Crippen LogP contribution in [0.3, 0.4) is 0 Å². The van der Waals surface area contributed by atoms with E-state index in [0.29, 0.717) is 18.5 Å². The Morgan fingerprint density at radius 2 is 2.33 bits per heavy atom. The number of amides is 1. The van der Waals surface area contributed by atoms with Crippen LogP contribution in [0.2, 0.25) is 0 Å². The fourth-order valence-corrected chi connectivity index (χ4v) is 2.29. The Labute approximate surface area is 91.1 Å². The number of likely N-dealkylation sites (tertiary alicyclic amines) is 1. The number of aryl methyl sites for hydroxylation is 1. The summed E-state index contributed by atoms with van der Waals surface area (Å²) < 4.78 is 0. The Morgan fingerprint density at radius 3 is 2.73 bits per heavy atom. The number of hydrogen-bond donors (Lipinski definition) is 1. The topological polar surface area (TPSA) is 57.6 Å². The maximum atomic E-state index is 11.8. The second-order valence-electron chi connectivity index (χ2n) is 3.59. The molecule has 0 spiro atoms. The minimum atomic E-state index is -0.915. The zero-order chi connectivity index (χ0) is 11.0. The van der Waals surface area contributed by atoms with Crippen molar-refractivity contribution in [3.63, 3.8) is 0 Å². The van der Waals surface area contributed by atoms with Gasteiger partial charge in [-0.3, -0.25) is 4.79 Å². The molecule has 2 heterocycles. The van der Waals surface area contributed by atoms with Crippen LogP contribution >= 0.6 is 11.3 Å². The molecule has 1 unspecified atom stereocenters. The van der Waals surface area contributed by atoms with Crippen LogP contribution in [0.4, 0.5) is 0 Å².